The first-order valence-corrected chi connectivity index (χ1v) is 8.02. The zero-order valence-corrected chi connectivity index (χ0v) is 13.2. The van der Waals surface area contributed by atoms with Crippen molar-refractivity contribution in [3.63, 3.8) is 0 Å². The molecule has 0 atom stereocenters. The molecular weight excluding hydrogens is 304 g/mol. The number of benzene rings is 1. The summed E-state index contributed by atoms with van der Waals surface area (Å²) < 4.78 is 5.43. The van der Waals surface area contributed by atoms with E-state index < -0.39 is 0 Å². The first-order chi connectivity index (χ1) is 11.7. The van der Waals surface area contributed by atoms with Crippen molar-refractivity contribution < 1.29 is 9.32 Å². The molecule has 122 valence electrons. The zero-order chi connectivity index (χ0) is 16.5. The van der Waals surface area contributed by atoms with Crippen LogP contribution >= 0.6 is 0 Å². The van der Waals surface area contributed by atoms with Crippen LogP contribution in [0.1, 0.15) is 23.3 Å². The summed E-state index contributed by atoms with van der Waals surface area (Å²) in [5, 5.41) is 3.89. The van der Waals surface area contributed by atoms with Gasteiger partial charge in [-0.1, -0.05) is 35.5 Å². The van der Waals surface area contributed by atoms with Crippen molar-refractivity contribution in [1.82, 2.24) is 15.0 Å². The minimum Gasteiger partial charge on any atom is -0.380 e. The molecule has 0 unspecified atom stereocenters. The lowest BCUT2D eigenvalue weighted by molar-refractivity contribution is 0.0788. The van der Waals surface area contributed by atoms with Gasteiger partial charge in [0.2, 0.25) is 0 Å². The Kier molecular flexibility index (Phi) is 3.57. The van der Waals surface area contributed by atoms with Crippen LogP contribution in [-0.2, 0) is 0 Å². The van der Waals surface area contributed by atoms with Gasteiger partial charge in [-0.05, 0) is 24.5 Å². The SMILES string of the molecule is Nc1noc(-c2c[nH]c(C(=O)N3CCCC3)c2)c1-c1ccccc1. The van der Waals surface area contributed by atoms with Crippen LogP contribution in [0.4, 0.5) is 5.82 Å². The van der Waals surface area contributed by atoms with Crippen LogP contribution in [0.2, 0.25) is 0 Å². The zero-order valence-electron chi connectivity index (χ0n) is 13.2. The van der Waals surface area contributed by atoms with Crippen LogP contribution in [0.25, 0.3) is 22.5 Å². The van der Waals surface area contributed by atoms with E-state index in [1.807, 2.05) is 35.2 Å². The van der Waals surface area contributed by atoms with Gasteiger partial charge in [-0.3, -0.25) is 4.79 Å². The predicted octanol–water partition coefficient (Wildman–Crippen LogP) is 3.15. The highest BCUT2D eigenvalue weighted by atomic mass is 16.5. The topological polar surface area (TPSA) is 88.1 Å². The summed E-state index contributed by atoms with van der Waals surface area (Å²) in [6, 6.07) is 11.5. The molecule has 0 radical (unpaired) electrons. The fourth-order valence-corrected chi connectivity index (χ4v) is 3.12. The monoisotopic (exact) mass is 322 g/mol. The minimum atomic E-state index is 0.0208. The standard InChI is InChI=1S/C18H18N4O2/c19-17-15(12-6-2-1-3-7-12)16(24-21-17)13-10-14(20-11-13)18(23)22-8-4-5-9-22/h1-3,6-7,10-11,20H,4-5,8-9H2,(H2,19,21). The van der Waals surface area contributed by atoms with Crippen LogP contribution < -0.4 is 5.73 Å². The molecule has 1 aliphatic heterocycles. The Morgan fingerprint density at radius 3 is 2.67 bits per heavy atom. The molecule has 0 spiro atoms. The van der Waals surface area contributed by atoms with Gasteiger partial charge >= 0.3 is 0 Å². The summed E-state index contributed by atoms with van der Waals surface area (Å²) in [6.07, 6.45) is 3.89. The normalized spacial score (nSPS) is 14.2. The van der Waals surface area contributed by atoms with E-state index in [2.05, 4.69) is 10.1 Å². The van der Waals surface area contributed by atoms with Gasteiger partial charge in [0, 0.05) is 24.8 Å². The number of nitrogen functional groups attached to an aromatic ring is 1. The second kappa shape index (κ2) is 5.88. The van der Waals surface area contributed by atoms with E-state index in [1.54, 1.807) is 12.3 Å². The molecule has 6 nitrogen and oxygen atoms in total. The lowest BCUT2D eigenvalue weighted by Gasteiger charge is -2.13. The number of nitrogens with one attached hydrogen (secondary N) is 1. The van der Waals surface area contributed by atoms with E-state index in [0.717, 1.165) is 42.6 Å². The van der Waals surface area contributed by atoms with Crippen LogP contribution in [-0.4, -0.2) is 34.0 Å². The Balaban J connectivity index is 1.70. The molecule has 1 aromatic carbocycles. The number of carbonyl (C=O) groups excluding carboxylic acids is 1. The summed E-state index contributed by atoms with van der Waals surface area (Å²) in [5.74, 6) is 0.924. The van der Waals surface area contributed by atoms with Gasteiger partial charge in [0.25, 0.3) is 5.91 Å². The van der Waals surface area contributed by atoms with Gasteiger partial charge in [-0.25, -0.2) is 0 Å². The maximum absolute atomic E-state index is 12.5. The number of aromatic amines is 1. The number of carbonyl (C=O) groups is 1. The molecule has 0 saturated carbocycles. The molecule has 0 aliphatic carbocycles. The van der Waals surface area contributed by atoms with E-state index in [1.165, 1.54) is 0 Å². The molecule has 3 heterocycles. The van der Waals surface area contributed by atoms with Crippen molar-refractivity contribution in [2.24, 2.45) is 0 Å². The lowest BCUT2D eigenvalue weighted by Crippen LogP contribution is -2.27. The van der Waals surface area contributed by atoms with E-state index in [9.17, 15) is 4.79 Å². The summed E-state index contributed by atoms with van der Waals surface area (Å²) in [7, 11) is 0. The summed E-state index contributed by atoms with van der Waals surface area (Å²) in [4.78, 5) is 17.4. The number of aromatic nitrogens is 2. The van der Waals surface area contributed by atoms with Crippen LogP contribution in [0.5, 0.6) is 0 Å². The quantitative estimate of drug-likeness (QED) is 0.775. The smallest absolute Gasteiger partial charge is 0.270 e. The third-order valence-corrected chi connectivity index (χ3v) is 4.35. The average molecular weight is 322 g/mol. The first-order valence-electron chi connectivity index (χ1n) is 8.02. The van der Waals surface area contributed by atoms with Gasteiger partial charge in [0.1, 0.15) is 5.69 Å². The molecule has 24 heavy (non-hydrogen) atoms. The largest absolute Gasteiger partial charge is 0.380 e. The number of nitrogens with two attached hydrogens (primary N) is 1. The number of hydrogen-bond donors (Lipinski definition) is 2. The van der Waals surface area contributed by atoms with Crippen molar-refractivity contribution in [3.8, 4) is 22.5 Å². The Hall–Kier alpha value is -3.02. The molecule has 1 aliphatic rings. The van der Waals surface area contributed by atoms with Gasteiger partial charge in [-0.15, -0.1) is 0 Å². The van der Waals surface area contributed by atoms with Gasteiger partial charge < -0.3 is 20.1 Å². The molecule has 4 rings (SSSR count). The second-order valence-electron chi connectivity index (χ2n) is 5.94. The Morgan fingerprint density at radius 2 is 1.92 bits per heavy atom. The van der Waals surface area contributed by atoms with E-state index in [4.69, 9.17) is 10.3 Å². The molecule has 2 aromatic heterocycles. The lowest BCUT2D eigenvalue weighted by atomic mass is 10.0. The van der Waals surface area contributed by atoms with Crippen molar-refractivity contribution in [2.75, 3.05) is 18.8 Å². The van der Waals surface area contributed by atoms with Crippen LogP contribution in [0.15, 0.2) is 47.1 Å². The highest BCUT2D eigenvalue weighted by Crippen LogP contribution is 2.36. The first kappa shape index (κ1) is 14.6. The number of amides is 1. The Bertz CT molecular complexity index is 860. The number of hydrogen-bond acceptors (Lipinski definition) is 4. The highest BCUT2D eigenvalue weighted by molar-refractivity contribution is 5.95. The van der Waals surface area contributed by atoms with Crippen molar-refractivity contribution in [2.45, 2.75) is 12.8 Å². The number of likely N-dealkylation sites (tertiary alicyclic amines) is 1. The summed E-state index contributed by atoms with van der Waals surface area (Å²) >= 11 is 0. The fraction of sp³-hybridized carbons (Fsp3) is 0.222. The molecule has 3 aromatic rings. The number of anilines is 1. The van der Waals surface area contributed by atoms with Gasteiger partial charge in [0.15, 0.2) is 11.6 Å². The summed E-state index contributed by atoms with van der Waals surface area (Å²) in [5.41, 5.74) is 8.98. The van der Waals surface area contributed by atoms with E-state index in [-0.39, 0.29) is 5.91 Å². The molecule has 1 saturated heterocycles. The number of nitrogens with zero attached hydrogens (tertiary/aromatic N) is 2. The Morgan fingerprint density at radius 1 is 1.17 bits per heavy atom. The summed E-state index contributed by atoms with van der Waals surface area (Å²) in [6.45, 7) is 1.63. The maximum atomic E-state index is 12.5. The molecule has 1 fully saturated rings. The van der Waals surface area contributed by atoms with E-state index in [0.29, 0.717) is 17.3 Å². The van der Waals surface area contributed by atoms with Gasteiger partial charge in [-0.2, -0.15) is 0 Å². The number of H-pyrrole nitrogens is 1. The van der Waals surface area contributed by atoms with Crippen LogP contribution in [0.3, 0.4) is 0 Å². The highest BCUT2D eigenvalue weighted by Gasteiger charge is 2.23. The van der Waals surface area contributed by atoms with E-state index >= 15 is 0 Å². The third kappa shape index (κ3) is 2.46. The van der Waals surface area contributed by atoms with Crippen molar-refractivity contribution >= 4 is 11.7 Å². The molecular formula is C18H18N4O2. The fourth-order valence-electron chi connectivity index (χ4n) is 3.12. The maximum Gasteiger partial charge on any atom is 0.270 e. The minimum absolute atomic E-state index is 0.0208. The van der Waals surface area contributed by atoms with Crippen molar-refractivity contribution in [3.05, 3.63) is 48.3 Å². The Labute approximate surface area is 139 Å². The van der Waals surface area contributed by atoms with Crippen molar-refractivity contribution in [1.29, 1.82) is 0 Å². The van der Waals surface area contributed by atoms with Gasteiger partial charge in [0.05, 0.1) is 5.56 Å². The predicted molar refractivity (Wildman–Crippen MR) is 91.3 cm³/mol. The molecule has 0 bridgehead atoms. The number of rotatable bonds is 3. The molecule has 1 amide bonds. The van der Waals surface area contributed by atoms with Crippen LogP contribution in [0, 0.1) is 0 Å². The molecule has 3 N–H and O–H groups in total. The average Bonchev–Trinajstić information content (AvgIpc) is 3.35. The second-order valence-corrected chi connectivity index (χ2v) is 5.94. The third-order valence-electron chi connectivity index (χ3n) is 4.35. The molecule has 6 heteroatoms.